The van der Waals surface area contributed by atoms with Crippen molar-refractivity contribution in [3.63, 3.8) is 0 Å². The summed E-state index contributed by atoms with van der Waals surface area (Å²) in [4.78, 5) is 4.64. The van der Waals surface area contributed by atoms with E-state index in [0.717, 1.165) is 59.9 Å². The molecule has 1 saturated heterocycles. The first kappa shape index (κ1) is 21.4. The molecule has 2 nitrogen and oxygen atoms in total. The molecule has 0 bridgehead atoms. The Balaban J connectivity index is 2.06. The lowest BCUT2D eigenvalue weighted by atomic mass is 9.97. The molecule has 0 unspecified atom stereocenters. The Bertz CT molecular complexity index is 739. The third-order valence-corrected chi connectivity index (χ3v) is 6.09. The molecule has 0 atom stereocenters. The average Bonchev–Trinajstić information content (AvgIpc) is 2.66. The van der Waals surface area contributed by atoms with Crippen LogP contribution in [0.2, 0.25) is 0 Å². The van der Waals surface area contributed by atoms with Crippen LogP contribution in [0.25, 0.3) is 10.5 Å². The Morgan fingerprint density at radius 1 is 1.11 bits per heavy atom. The van der Waals surface area contributed by atoms with Crippen LogP contribution in [0, 0.1) is 5.92 Å². The monoisotopic (exact) mass is 383 g/mol. The van der Waals surface area contributed by atoms with Gasteiger partial charge in [-0.05, 0) is 80.7 Å². The minimum atomic E-state index is 0.598. The van der Waals surface area contributed by atoms with E-state index in [1.54, 1.807) is 11.8 Å². The van der Waals surface area contributed by atoms with Gasteiger partial charge in [0.2, 0.25) is 0 Å². The van der Waals surface area contributed by atoms with Gasteiger partial charge in [0.1, 0.15) is 5.75 Å². The molecule has 0 aromatic heterocycles. The molecule has 1 aromatic carbocycles. The lowest BCUT2D eigenvalue weighted by molar-refractivity contribution is 0.164. The molecule has 0 saturated carbocycles. The van der Waals surface area contributed by atoms with Gasteiger partial charge in [0, 0.05) is 23.7 Å². The van der Waals surface area contributed by atoms with Crippen molar-refractivity contribution in [3.05, 3.63) is 65.7 Å². The van der Waals surface area contributed by atoms with Crippen LogP contribution in [-0.4, -0.2) is 24.6 Å². The summed E-state index contributed by atoms with van der Waals surface area (Å²) < 4.78 is 6.21. The summed E-state index contributed by atoms with van der Waals surface area (Å²) in [5.74, 6) is 1.51. The number of nitrogens with zero attached hydrogens (tertiary/aromatic N) is 1. The second-order valence-corrected chi connectivity index (χ2v) is 8.77. The van der Waals surface area contributed by atoms with E-state index in [2.05, 4.69) is 62.8 Å². The van der Waals surface area contributed by atoms with Crippen LogP contribution >= 0.6 is 11.8 Å². The van der Waals surface area contributed by atoms with Crippen molar-refractivity contribution in [1.82, 2.24) is 4.90 Å². The molecule has 1 aromatic rings. The van der Waals surface area contributed by atoms with E-state index in [4.69, 9.17) is 4.74 Å². The fourth-order valence-corrected chi connectivity index (χ4v) is 3.84. The molecule has 2 rings (SSSR count). The first-order chi connectivity index (χ1) is 12.8. The van der Waals surface area contributed by atoms with Crippen molar-refractivity contribution in [2.75, 3.05) is 19.7 Å². The first-order valence-corrected chi connectivity index (χ1v) is 10.5. The van der Waals surface area contributed by atoms with Crippen molar-refractivity contribution in [2.24, 2.45) is 5.92 Å². The highest BCUT2D eigenvalue weighted by atomic mass is 32.2. The van der Waals surface area contributed by atoms with E-state index in [1.807, 2.05) is 13.8 Å². The topological polar surface area (TPSA) is 12.5 Å². The van der Waals surface area contributed by atoms with Crippen LogP contribution in [0.4, 0.5) is 0 Å². The van der Waals surface area contributed by atoms with Gasteiger partial charge in [-0.1, -0.05) is 43.1 Å². The largest absolute Gasteiger partial charge is 0.493 e. The average molecular weight is 384 g/mol. The zero-order valence-corrected chi connectivity index (χ0v) is 18.1. The highest BCUT2D eigenvalue weighted by Gasteiger charge is 2.19. The highest BCUT2D eigenvalue weighted by molar-refractivity contribution is 8.11. The first-order valence-electron chi connectivity index (χ1n) is 9.64. The summed E-state index contributed by atoms with van der Waals surface area (Å²) in [6.07, 6.45) is 4.42. The molecule has 1 heterocycles. The molecule has 0 spiro atoms. The summed E-state index contributed by atoms with van der Waals surface area (Å²) >= 11 is 1.70. The maximum absolute atomic E-state index is 6.21. The molecular formula is C24H33NOS. The third kappa shape index (κ3) is 6.35. The van der Waals surface area contributed by atoms with Crippen LogP contribution < -0.4 is 4.74 Å². The van der Waals surface area contributed by atoms with Gasteiger partial charge in [-0.15, -0.1) is 0 Å². The van der Waals surface area contributed by atoms with Gasteiger partial charge >= 0.3 is 0 Å². The number of benzene rings is 1. The molecule has 0 amide bonds. The van der Waals surface area contributed by atoms with Gasteiger partial charge in [0.25, 0.3) is 0 Å². The number of rotatable bonds is 8. The van der Waals surface area contributed by atoms with Crippen LogP contribution in [0.3, 0.4) is 0 Å². The highest BCUT2D eigenvalue weighted by Crippen LogP contribution is 2.35. The van der Waals surface area contributed by atoms with E-state index in [9.17, 15) is 0 Å². The second kappa shape index (κ2) is 9.89. The zero-order valence-electron chi connectivity index (χ0n) is 17.3. The summed E-state index contributed by atoms with van der Waals surface area (Å²) in [7, 11) is 0. The molecule has 146 valence electrons. The Hall–Kier alpha value is -1.87. The van der Waals surface area contributed by atoms with Crippen LogP contribution in [0.15, 0.2) is 54.6 Å². The lowest BCUT2D eigenvalue weighted by Crippen LogP contribution is -2.34. The summed E-state index contributed by atoms with van der Waals surface area (Å²) in [6, 6.07) is 6.35. The maximum atomic E-state index is 6.21. The van der Waals surface area contributed by atoms with E-state index in [1.165, 1.54) is 10.6 Å². The normalized spacial score (nSPS) is 15.6. The maximum Gasteiger partial charge on any atom is 0.120 e. The smallest absolute Gasteiger partial charge is 0.120 e. The number of likely N-dealkylation sites (tertiary alicyclic amines) is 1. The van der Waals surface area contributed by atoms with Crippen molar-refractivity contribution in [2.45, 2.75) is 40.5 Å². The van der Waals surface area contributed by atoms with Crippen molar-refractivity contribution in [1.29, 1.82) is 0 Å². The number of ether oxygens (including phenoxy) is 1. The van der Waals surface area contributed by atoms with Crippen LogP contribution in [-0.2, 0) is 0 Å². The summed E-state index contributed by atoms with van der Waals surface area (Å²) in [5.41, 5.74) is 4.42. The van der Waals surface area contributed by atoms with Gasteiger partial charge in [-0.2, -0.15) is 0 Å². The van der Waals surface area contributed by atoms with Crippen LogP contribution in [0.1, 0.15) is 51.7 Å². The van der Waals surface area contributed by atoms with Gasteiger partial charge in [0.05, 0.1) is 6.61 Å². The minimum absolute atomic E-state index is 0.598. The molecule has 1 aliphatic rings. The number of allylic oxidation sites excluding steroid dienone is 4. The number of thioether (sulfide) groups is 1. The summed E-state index contributed by atoms with van der Waals surface area (Å²) in [5, 5.41) is 0. The van der Waals surface area contributed by atoms with Crippen LogP contribution in [0.5, 0.6) is 5.75 Å². The number of hydrogen-bond donors (Lipinski definition) is 0. The van der Waals surface area contributed by atoms with E-state index < -0.39 is 0 Å². The zero-order chi connectivity index (χ0) is 20.0. The van der Waals surface area contributed by atoms with Gasteiger partial charge < -0.3 is 9.64 Å². The van der Waals surface area contributed by atoms with Crippen molar-refractivity contribution in [3.8, 4) is 5.75 Å². The van der Waals surface area contributed by atoms with Gasteiger partial charge in [-0.25, -0.2) is 0 Å². The quantitative estimate of drug-likeness (QED) is 0.481. The van der Waals surface area contributed by atoms with Gasteiger partial charge in [-0.3, -0.25) is 0 Å². The molecule has 27 heavy (non-hydrogen) atoms. The predicted octanol–water partition coefficient (Wildman–Crippen LogP) is 6.97. The Morgan fingerprint density at radius 2 is 1.74 bits per heavy atom. The van der Waals surface area contributed by atoms with E-state index in [0.29, 0.717) is 5.92 Å². The van der Waals surface area contributed by atoms with Gasteiger partial charge in [0.15, 0.2) is 0 Å². The Morgan fingerprint density at radius 3 is 2.30 bits per heavy atom. The molecule has 1 fully saturated rings. The predicted molar refractivity (Wildman–Crippen MR) is 122 cm³/mol. The Kier molecular flexibility index (Phi) is 7.85. The number of hydrogen-bond acceptors (Lipinski definition) is 3. The minimum Gasteiger partial charge on any atom is -0.493 e. The molecule has 0 N–H and O–H groups in total. The third-order valence-electron chi connectivity index (χ3n) is 5.05. The fraction of sp³-hybridized carbons (Fsp3) is 0.417. The number of piperidine rings is 1. The second-order valence-electron chi connectivity index (χ2n) is 7.43. The molecule has 1 aliphatic heterocycles. The molecule has 0 radical (unpaired) electrons. The van der Waals surface area contributed by atoms with E-state index in [-0.39, 0.29) is 0 Å². The fourth-order valence-electron chi connectivity index (χ4n) is 3.10. The van der Waals surface area contributed by atoms with E-state index >= 15 is 0 Å². The summed E-state index contributed by atoms with van der Waals surface area (Å²) in [6.45, 7) is 23.6. The molecule has 0 aliphatic carbocycles. The lowest BCUT2D eigenvalue weighted by Gasteiger charge is -2.33. The molecular weight excluding hydrogens is 350 g/mol. The Labute approximate surface area is 169 Å². The van der Waals surface area contributed by atoms with Crippen molar-refractivity contribution < 1.29 is 4.74 Å². The SMILES string of the molecule is C=C(C)c1cc(OCC2CCN(C(=C)C)CC2)cc(C(=C)S/C(C)=C\C)c1. The molecule has 3 heteroatoms. The van der Waals surface area contributed by atoms with Crippen molar-refractivity contribution >= 4 is 22.2 Å². The standard InChI is InChI=1S/C24H33NOS/c1-8-19(6)27-20(7)23-13-22(17(2)3)14-24(15-23)26-16-21-9-11-25(12-10-21)18(4)5/h8,13-15,21H,2,4,7,9-12,16H2,1,3,5-6H3/b19-8-.